The number of carboxylic acids is 1. The predicted molar refractivity (Wildman–Crippen MR) is 63.5 cm³/mol. The molecule has 0 spiro atoms. The molecular weight excluding hydrogens is 202 g/mol. The summed E-state index contributed by atoms with van der Waals surface area (Å²) >= 11 is 0. The summed E-state index contributed by atoms with van der Waals surface area (Å²) in [7, 11) is 2.02. The van der Waals surface area contributed by atoms with E-state index in [2.05, 4.69) is 4.90 Å². The van der Waals surface area contributed by atoms with E-state index in [4.69, 9.17) is 0 Å². The van der Waals surface area contributed by atoms with Gasteiger partial charge >= 0.3 is 5.97 Å². The average Bonchev–Trinajstić information content (AvgIpc) is 2.99. The third kappa shape index (κ3) is 2.24. The van der Waals surface area contributed by atoms with E-state index in [-0.39, 0.29) is 0 Å². The zero-order valence-electron chi connectivity index (χ0n) is 10.2. The van der Waals surface area contributed by atoms with Crippen molar-refractivity contribution in [3.8, 4) is 0 Å². The second-order valence-corrected chi connectivity index (χ2v) is 5.45. The van der Waals surface area contributed by atoms with Gasteiger partial charge in [0.2, 0.25) is 0 Å². The second kappa shape index (κ2) is 4.74. The van der Waals surface area contributed by atoms with E-state index in [9.17, 15) is 9.90 Å². The van der Waals surface area contributed by atoms with Crippen molar-refractivity contribution in [1.82, 2.24) is 4.90 Å². The lowest BCUT2D eigenvalue weighted by atomic mass is 9.82. The summed E-state index contributed by atoms with van der Waals surface area (Å²) in [4.78, 5) is 13.8. The Labute approximate surface area is 97.8 Å². The Balaban J connectivity index is 2.13. The Morgan fingerprint density at radius 2 is 1.62 bits per heavy atom. The van der Waals surface area contributed by atoms with E-state index in [0.29, 0.717) is 6.04 Å². The predicted octanol–water partition coefficient (Wildman–Crippen LogP) is 2.65. The van der Waals surface area contributed by atoms with Gasteiger partial charge in [-0.05, 0) is 32.7 Å². The van der Waals surface area contributed by atoms with Crippen molar-refractivity contribution >= 4 is 5.97 Å². The van der Waals surface area contributed by atoms with Crippen molar-refractivity contribution in [2.75, 3.05) is 7.05 Å². The minimum absolute atomic E-state index is 0.538. The highest BCUT2D eigenvalue weighted by atomic mass is 16.4. The highest BCUT2D eigenvalue weighted by Crippen LogP contribution is 2.38. The number of likely N-dealkylation sites (N-methyl/N-ethyl adjacent to an activating group) is 1. The van der Waals surface area contributed by atoms with Crippen LogP contribution in [0, 0.1) is 0 Å². The SMILES string of the molecule is CN(C1CC1)C1(C(=O)O)CCCCCCC1. The number of rotatable bonds is 3. The summed E-state index contributed by atoms with van der Waals surface area (Å²) < 4.78 is 0. The molecule has 1 N–H and O–H groups in total. The lowest BCUT2D eigenvalue weighted by Gasteiger charge is -2.39. The van der Waals surface area contributed by atoms with Crippen molar-refractivity contribution in [2.45, 2.75) is 69.4 Å². The van der Waals surface area contributed by atoms with E-state index >= 15 is 0 Å². The number of hydrogen-bond acceptors (Lipinski definition) is 2. The molecule has 0 amide bonds. The molecule has 16 heavy (non-hydrogen) atoms. The first kappa shape index (κ1) is 11.9. The van der Waals surface area contributed by atoms with Crippen LogP contribution in [-0.4, -0.2) is 34.6 Å². The Kier molecular flexibility index (Phi) is 3.53. The maximum Gasteiger partial charge on any atom is 0.324 e. The molecule has 0 saturated heterocycles. The van der Waals surface area contributed by atoms with Gasteiger partial charge in [-0.3, -0.25) is 9.69 Å². The van der Waals surface area contributed by atoms with Crippen LogP contribution in [0.5, 0.6) is 0 Å². The van der Waals surface area contributed by atoms with Crippen molar-refractivity contribution in [3.05, 3.63) is 0 Å². The van der Waals surface area contributed by atoms with Gasteiger partial charge in [-0.1, -0.05) is 32.1 Å². The molecule has 2 saturated carbocycles. The van der Waals surface area contributed by atoms with Crippen LogP contribution in [0.1, 0.15) is 57.8 Å². The van der Waals surface area contributed by atoms with Crippen LogP contribution in [-0.2, 0) is 4.79 Å². The smallest absolute Gasteiger partial charge is 0.324 e. The van der Waals surface area contributed by atoms with Gasteiger partial charge in [0, 0.05) is 6.04 Å². The fourth-order valence-electron chi connectivity index (χ4n) is 3.02. The molecular formula is C13H23NO2. The topological polar surface area (TPSA) is 40.5 Å². The molecule has 0 bridgehead atoms. The maximum absolute atomic E-state index is 11.7. The van der Waals surface area contributed by atoms with Gasteiger partial charge in [0.15, 0.2) is 0 Å². The van der Waals surface area contributed by atoms with Crippen LogP contribution in [0.3, 0.4) is 0 Å². The molecule has 0 aromatic heterocycles. The monoisotopic (exact) mass is 225 g/mol. The first-order valence-electron chi connectivity index (χ1n) is 6.63. The molecule has 0 atom stereocenters. The van der Waals surface area contributed by atoms with E-state index in [1.54, 1.807) is 0 Å². The number of hydrogen-bond donors (Lipinski definition) is 1. The minimum Gasteiger partial charge on any atom is -0.480 e. The Morgan fingerprint density at radius 1 is 1.12 bits per heavy atom. The van der Waals surface area contributed by atoms with Crippen LogP contribution in [0.2, 0.25) is 0 Å². The highest BCUT2D eigenvalue weighted by Gasteiger charge is 2.47. The van der Waals surface area contributed by atoms with Crippen LogP contribution in [0.15, 0.2) is 0 Å². The zero-order chi connectivity index (χ0) is 11.6. The second-order valence-electron chi connectivity index (χ2n) is 5.45. The first-order chi connectivity index (χ1) is 7.67. The number of carbonyl (C=O) groups is 1. The standard InChI is InChI=1S/C13H23NO2/c1-14(11-7-8-11)13(12(15)16)9-5-3-2-4-6-10-13/h11H,2-10H2,1H3,(H,15,16). The Morgan fingerprint density at radius 3 is 2.06 bits per heavy atom. The molecule has 0 aromatic rings. The molecule has 2 aliphatic carbocycles. The van der Waals surface area contributed by atoms with Crippen molar-refractivity contribution in [2.24, 2.45) is 0 Å². The highest BCUT2D eigenvalue weighted by molar-refractivity contribution is 5.78. The van der Waals surface area contributed by atoms with Gasteiger partial charge < -0.3 is 5.11 Å². The summed E-state index contributed by atoms with van der Waals surface area (Å²) in [5.74, 6) is -0.594. The summed E-state index contributed by atoms with van der Waals surface area (Å²) in [6.07, 6.45) is 9.89. The maximum atomic E-state index is 11.7. The van der Waals surface area contributed by atoms with E-state index in [1.807, 2.05) is 7.05 Å². The number of carboxylic acid groups (broad SMARTS) is 1. The normalized spacial score (nSPS) is 26.1. The Hall–Kier alpha value is -0.570. The van der Waals surface area contributed by atoms with Gasteiger partial charge in [0.05, 0.1) is 0 Å². The van der Waals surface area contributed by atoms with Gasteiger partial charge in [0.1, 0.15) is 5.54 Å². The molecule has 3 nitrogen and oxygen atoms in total. The van der Waals surface area contributed by atoms with Gasteiger partial charge in [-0.15, -0.1) is 0 Å². The third-order valence-corrected chi connectivity index (χ3v) is 4.35. The van der Waals surface area contributed by atoms with Gasteiger partial charge in [0.25, 0.3) is 0 Å². The number of aliphatic carboxylic acids is 1. The van der Waals surface area contributed by atoms with Crippen molar-refractivity contribution < 1.29 is 9.90 Å². The summed E-state index contributed by atoms with van der Waals surface area (Å²) in [5, 5.41) is 9.61. The molecule has 0 aromatic carbocycles. The minimum atomic E-state index is -0.594. The summed E-state index contributed by atoms with van der Waals surface area (Å²) in [5.41, 5.74) is -0.554. The zero-order valence-corrected chi connectivity index (χ0v) is 10.2. The van der Waals surface area contributed by atoms with Crippen LogP contribution in [0.25, 0.3) is 0 Å². The molecule has 0 unspecified atom stereocenters. The van der Waals surface area contributed by atoms with Crippen LogP contribution >= 0.6 is 0 Å². The van der Waals surface area contributed by atoms with Gasteiger partial charge in [-0.2, -0.15) is 0 Å². The molecule has 92 valence electrons. The van der Waals surface area contributed by atoms with E-state index in [1.165, 1.54) is 32.1 Å². The lowest BCUT2D eigenvalue weighted by molar-refractivity contribution is -0.153. The average molecular weight is 225 g/mol. The largest absolute Gasteiger partial charge is 0.480 e. The fraction of sp³-hybridized carbons (Fsp3) is 0.923. The molecule has 0 aliphatic heterocycles. The van der Waals surface area contributed by atoms with Crippen molar-refractivity contribution in [1.29, 1.82) is 0 Å². The van der Waals surface area contributed by atoms with E-state index in [0.717, 1.165) is 25.7 Å². The fourth-order valence-corrected chi connectivity index (χ4v) is 3.02. The quantitative estimate of drug-likeness (QED) is 0.802. The summed E-state index contributed by atoms with van der Waals surface area (Å²) in [6.45, 7) is 0. The summed E-state index contributed by atoms with van der Waals surface area (Å²) in [6, 6.07) is 0.538. The lowest BCUT2D eigenvalue weighted by Crippen LogP contribution is -2.54. The molecule has 0 radical (unpaired) electrons. The molecule has 2 fully saturated rings. The Bertz CT molecular complexity index is 253. The molecule has 2 rings (SSSR count). The van der Waals surface area contributed by atoms with Crippen molar-refractivity contribution in [3.63, 3.8) is 0 Å². The van der Waals surface area contributed by atoms with Crippen LogP contribution < -0.4 is 0 Å². The number of nitrogens with zero attached hydrogens (tertiary/aromatic N) is 1. The molecule has 2 aliphatic rings. The first-order valence-corrected chi connectivity index (χ1v) is 6.63. The molecule has 0 heterocycles. The molecule has 3 heteroatoms. The van der Waals surface area contributed by atoms with Crippen LogP contribution in [0.4, 0.5) is 0 Å². The third-order valence-electron chi connectivity index (χ3n) is 4.35. The van der Waals surface area contributed by atoms with Gasteiger partial charge in [-0.25, -0.2) is 0 Å². The van der Waals surface area contributed by atoms with E-state index < -0.39 is 11.5 Å².